The molecular weight excluding hydrogens is 283 g/mol. The van der Waals surface area contributed by atoms with Crippen LogP contribution in [-0.4, -0.2) is 53.5 Å². The van der Waals surface area contributed by atoms with E-state index < -0.39 is 29.7 Å². The van der Waals surface area contributed by atoms with E-state index in [9.17, 15) is 26.7 Å². The number of rotatable bonds is 4. The quantitative estimate of drug-likeness (QED) is 0.745. The summed E-state index contributed by atoms with van der Waals surface area (Å²) in [5.41, 5.74) is -0.439. The molecule has 1 aliphatic heterocycles. The van der Waals surface area contributed by atoms with Crippen molar-refractivity contribution in [3.8, 4) is 0 Å². The number of carbonyl (C=O) groups excluding carboxylic acids is 1. The summed E-state index contributed by atoms with van der Waals surface area (Å²) in [6.45, 7) is 5.49. The second-order valence-corrected chi connectivity index (χ2v) is 4.81. The van der Waals surface area contributed by atoms with Crippen LogP contribution in [0.3, 0.4) is 0 Å². The fourth-order valence-electron chi connectivity index (χ4n) is 2.28. The van der Waals surface area contributed by atoms with Crippen LogP contribution in [-0.2, 0) is 4.79 Å². The normalized spacial score (nSPS) is 20.1. The van der Waals surface area contributed by atoms with Crippen molar-refractivity contribution in [2.75, 3.05) is 19.6 Å². The summed E-state index contributed by atoms with van der Waals surface area (Å²) in [5, 5.41) is 0. The van der Waals surface area contributed by atoms with Gasteiger partial charge < -0.3 is 9.80 Å². The predicted octanol–water partition coefficient (Wildman–Crippen LogP) is 2.64. The van der Waals surface area contributed by atoms with Gasteiger partial charge in [0.2, 0.25) is 0 Å². The largest absolute Gasteiger partial charge is 0.471 e. The molecule has 116 valence electrons. The molecule has 1 rings (SSSR count). The van der Waals surface area contributed by atoms with Gasteiger partial charge in [0.25, 0.3) is 5.92 Å². The van der Waals surface area contributed by atoms with Gasteiger partial charge in [0, 0.05) is 32.6 Å². The molecule has 0 aromatic heterocycles. The zero-order valence-corrected chi connectivity index (χ0v) is 11.3. The van der Waals surface area contributed by atoms with Gasteiger partial charge in [-0.1, -0.05) is 6.58 Å². The van der Waals surface area contributed by atoms with Crippen molar-refractivity contribution < 1.29 is 26.7 Å². The molecule has 1 amide bonds. The number of nitrogens with zero attached hydrogens (tertiary/aromatic N) is 2. The van der Waals surface area contributed by atoms with Crippen LogP contribution >= 0.6 is 0 Å². The lowest BCUT2D eigenvalue weighted by atomic mass is 10.1. The minimum absolute atomic E-state index is 0.0952. The second kappa shape index (κ2) is 5.57. The van der Waals surface area contributed by atoms with Crippen molar-refractivity contribution in [1.82, 2.24) is 9.80 Å². The lowest BCUT2D eigenvalue weighted by molar-refractivity contribution is -0.184. The summed E-state index contributed by atoms with van der Waals surface area (Å²) >= 11 is 0. The molecule has 0 spiro atoms. The molecule has 0 aromatic carbocycles. The standard InChI is InChI=1S/C12H17F5N2O/c1-4-19(8(2)11(3,13)14)9-5-6-18(7-9)10(20)12(15,16)17/h9H,2,4-7H2,1,3H3. The van der Waals surface area contributed by atoms with E-state index in [0.29, 0.717) is 11.8 Å². The monoisotopic (exact) mass is 300 g/mol. The number of carbonyl (C=O) groups is 1. The Balaban J connectivity index is 2.76. The van der Waals surface area contributed by atoms with Crippen LogP contribution in [0.1, 0.15) is 20.3 Å². The summed E-state index contributed by atoms with van der Waals surface area (Å²) in [6.07, 6.45) is -4.72. The number of amides is 1. The third kappa shape index (κ3) is 3.61. The SMILES string of the molecule is C=C(N(CC)C1CCN(C(=O)C(F)(F)F)C1)C(C)(F)F. The van der Waals surface area contributed by atoms with E-state index in [1.165, 1.54) is 4.90 Å². The zero-order chi connectivity index (χ0) is 15.7. The molecule has 1 aliphatic rings. The van der Waals surface area contributed by atoms with E-state index in [2.05, 4.69) is 6.58 Å². The van der Waals surface area contributed by atoms with Gasteiger partial charge in [-0.15, -0.1) is 0 Å². The Morgan fingerprint density at radius 2 is 1.90 bits per heavy atom. The highest BCUT2D eigenvalue weighted by Gasteiger charge is 2.46. The van der Waals surface area contributed by atoms with Gasteiger partial charge in [-0.05, 0) is 13.3 Å². The smallest absolute Gasteiger partial charge is 0.366 e. The first-order valence-electron chi connectivity index (χ1n) is 6.18. The second-order valence-electron chi connectivity index (χ2n) is 4.81. The van der Waals surface area contributed by atoms with E-state index >= 15 is 0 Å². The molecule has 0 aromatic rings. The first kappa shape index (κ1) is 16.7. The van der Waals surface area contributed by atoms with Crippen molar-refractivity contribution in [3.05, 3.63) is 12.3 Å². The first-order chi connectivity index (χ1) is 8.98. The third-order valence-electron chi connectivity index (χ3n) is 3.33. The van der Waals surface area contributed by atoms with Crippen LogP contribution in [0, 0.1) is 0 Å². The molecule has 1 atom stereocenters. The topological polar surface area (TPSA) is 23.6 Å². The zero-order valence-electron chi connectivity index (χ0n) is 11.3. The van der Waals surface area contributed by atoms with Crippen molar-refractivity contribution in [2.45, 2.75) is 38.4 Å². The van der Waals surface area contributed by atoms with Crippen molar-refractivity contribution in [3.63, 3.8) is 0 Å². The van der Waals surface area contributed by atoms with Crippen molar-refractivity contribution in [2.24, 2.45) is 0 Å². The Labute approximate surface area is 114 Å². The highest BCUT2D eigenvalue weighted by atomic mass is 19.4. The number of halogens is 5. The molecule has 20 heavy (non-hydrogen) atoms. The molecular formula is C12H17F5N2O. The van der Waals surface area contributed by atoms with Gasteiger partial charge in [-0.2, -0.15) is 13.2 Å². The maximum absolute atomic E-state index is 13.2. The van der Waals surface area contributed by atoms with E-state index in [4.69, 9.17) is 0 Å². The fourth-order valence-corrected chi connectivity index (χ4v) is 2.28. The Morgan fingerprint density at radius 3 is 2.30 bits per heavy atom. The maximum Gasteiger partial charge on any atom is 0.471 e. The molecule has 0 bridgehead atoms. The van der Waals surface area contributed by atoms with E-state index in [1.807, 2.05) is 0 Å². The Hall–Kier alpha value is -1.34. The third-order valence-corrected chi connectivity index (χ3v) is 3.33. The molecule has 0 radical (unpaired) electrons. The highest BCUT2D eigenvalue weighted by Crippen LogP contribution is 2.30. The Bertz CT molecular complexity index is 388. The number of hydrogen-bond acceptors (Lipinski definition) is 2. The number of likely N-dealkylation sites (tertiary alicyclic amines) is 1. The van der Waals surface area contributed by atoms with Crippen LogP contribution in [0.15, 0.2) is 12.3 Å². The molecule has 1 heterocycles. The molecule has 8 heteroatoms. The van der Waals surface area contributed by atoms with Gasteiger partial charge in [-0.3, -0.25) is 4.79 Å². The molecule has 0 aliphatic carbocycles. The van der Waals surface area contributed by atoms with Crippen LogP contribution in [0.5, 0.6) is 0 Å². The van der Waals surface area contributed by atoms with Crippen molar-refractivity contribution in [1.29, 1.82) is 0 Å². The maximum atomic E-state index is 13.2. The van der Waals surface area contributed by atoms with Crippen LogP contribution in [0.25, 0.3) is 0 Å². The average molecular weight is 300 g/mol. The van der Waals surface area contributed by atoms with Crippen molar-refractivity contribution >= 4 is 5.91 Å². The van der Waals surface area contributed by atoms with E-state index in [-0.39, 0.29) is 26.1 Å². The fraction of sp³-hybridized carbons (Fsp3) is 0.750. The lowest BCUT2D eigenvalue weighted by Crippen LogP contribution is -2.44. The summed E-state index contributed by atoms with van der Waals surface area (Å²) in [7, 11) is 0. The Morgan fingerprint density at radius 1 is 1.35 bits per heavy atom. The van der Waals surface area contributed by atoms with Gasteiger partial charge >= 0.3 is 12.1 Å². The molecule has 1 fully saturated rings. The van der Waals surface area contributed by atoms with Gasteiger partial charge in [-0.25, -0.2) is 8.78 Å². The summed E-state index contributed by atoms with van der Waals surface area (Å²) < 4.78 is 63.4. The number of alkyl halides is 5. The molecule has 1 unspecified atom stereocenters. The van der Waals surface area contributed by atoms with Crippen LogP contribution in [0.2, 0.25) is 0 Å². The number of allylic oxidation sites excluding steroid dienone is 1. The summed E-state index contributed by atoms with van der Waals surface area (Å²) in [6, 6.07) is -0.565. The number of hydrogen-bond donors (Lipinski definition) is 0. The van der Waals surface area contributed by atoms with Gasteiger partial charge in [0.15, 0.2) is 0 Å². The molecule has 0 saturated carbocycles. The summed E-state index contributed by atoms with van der Waals surface area (Å²) in [4.78, 5) is 13.0. The average Bonchev–Trinajstić information content (AvgIpc) is 2.75. The molecule has 1 saturated heterocycles. The molecule has 0 N–H and O–H groups in total. The minimum Gasteiger partial charge on any atom is -0.366 e. The van der Waals surface area contributed by atoms with E-state index in [0.717, 1.165) is 0 Å². The van der Waals surface area contributed by atoms with Crippen LogP contribution in [0.4, 0.5) is 22.0 Å². The van der Waals surface area contributed by atoms with E-state index in [1.54, 1.807) is 6.92 Å². The summed E-state index contributed by atoms with van der Waals surface area (Å²) in [5.74, 6) is -5.07. The first-order valence-corrected chi connectivity index (χ1v) is 6.18. The predicted molar refractivity (Wildman–Crippen MR) is 63.2 cm³/mol. The van der Waals surface area contributed by atoms with Gasteiger partial charge in [0.1, 0.15) is 0 Å². The Kier molecular flexibility index (Phi) is 4.66. The number of likely N-dealkylation sites (N-methyl/N-ethyl adjacent to an activating group) is 1. The highest BCUT2D eigenvalue weighted by molar-refractivity contribution is 5.82. The minimum atomic E-state index is -4.93. The molecule has 3 nitrogen and oxygen atoms in total. The van der Waals surface area contributed by atoms with Gasteiger partial charge in [0.05, 0.1) is 5.70 Å². The van der Waals surface area contributed by atoms with Crippen LogP contribution < -0.4 is 0 Å². The lowest BCUT2D eigenvalue weighted by Gasteiger charge is -2.34.